The van der Waals surface area contributed by atoms with Crippen LogP contribution in [0, 0.1) is 11.7 Å². The highest BCUT2D eigenvalue weighted by atomic mass is 19.1. The van der Waals surface area contributed by atoms with Crippen LogP contribution in [0.2, 0.25) is 0 Å². The number of methoxy groups -OCH3 is 1. The summed E-state index contributed by atoms with van der Waals surface area (Å²) in [6.07, 6.45) is -0.0864. The highest BCUT2D eigenvalue weighted by Gasteiger charge is 2.41. The van der Waals surface area contributed by atoms with Gasteiger partial charge >= 0.3 is 5.97 Å². The summed E-state index contributed by atoms with van der Waals surface area (Å²) in [6, 6.07) is 50.9. The monoisotopic (exact) mass is 694 g/mol. The molecule has 0 aliphatic rings. The third-order valence-corrected chi connectivity index (χ3v) is 9.55. The van der Waals surface area contributed by atoms with Gasteiger partial charge in [-0.2, -0.15) is 0 Å². The van der Waals surface area contributed by atoms with Crippen LogP contribution in [0.4, 0.5) is 10.1 Å². The third kappa shape index (κ3) is 8.23. The highest BCUT2D eigenvalue weighted by Crippen LogP contribution is 2.46. The van der Waals surface area contributed by atoms with E-state index >= 15 is 0 Å². The standard InChI is InChI=1S/C45H43FN2O4/c1-51-40-27-21-34(22-28-40)43(48-39-25-17-32(31-47)18-26-39)41(44(49)50)29-30-42(33-19-23-38(46)24-20-33)52-45(35-11-5-2-6-12-35,36-13-7-3-8-14-36)37-15-9-4-10-16-37/h2-28,41-43,48H,29-31,47H2,1H3,(H,49,50)/t41-,42+,43-/m1/s1. The van der Waals surface area contributed by atoms with E-state index in [0.717, 1.165) is 39.1 Å². The minimum atomic E-state index is -1.08. The van der Waals surface area contributed by atoms with Gasteiger partial charge < -0.3 is 25.6 Å². The van der Waals surface area contributed by atoms with Crippen molar-refractivity contribution in [2.24, 2.45) is 11.7 Å². The molecule has 0 radical (unpaired) electrons. The van der Waals surface area contributed by atoms with Crippen molar-refractivity contribution in [2.75, 3.05) is 12.4 Å². The number of nitrogens with two attached hydrogens (primary N) is 1. The number of halogens is 1. The molecule has 6 aromatic rings. The second-order valence-electron chi connectivity index (χ2n) is 12.8. The molecule has 0 fully saturated rings. The quantitative estimate of drug-likeness (QED) is 0.0874. The van der Waals surface area contributed by atoms with Gasteiger partial charge in [0.25, 0.3) is 0 Å². The lowest BCUT2D eigenvalue weighted by atomic mass is 9.79. The van der Waals surface area contributed by atoms with E-state index in [0.29, 0.717) is 18.7 Å². The Bertz CT molecular complexity index is 1890. The van der Waals surface area contributed by atoms with Crippen molar-refractivity contribution in [3.05, 3.63) is 203 Å². The molecule has 0 spiro atoms. The Morgan fingerprint density at radius 1 is 0.692 bits per heavy atom. The van der Waals surface area contributed by atoms with Crippen molar-refractivity contribution >= 4 is 11.7 Å². The molecule has 0 bridgehead atoms. The molecule has 0 amide bonds. The van der Waals surface area contributed by atoms with Crippen LogP contribution < -0.4 is 15.8 Å². The van der Waals surface area contributed by atoms with E-state index in [2.05, 4.69) is 5.32 Å². The smallest absolute Gasteiger partial charge is 0.308 e. The Morgan fingerprint density at radius 2 is 1.19 bits per heavy atom. The number of carboxylic acid groups (broad SMARTS) is 1. The van der Waals surface area contributed by atoms with Crippen LogP contribution >= 0.6 is 0 Å². The number of hydrogen-bond donors (Lipinski definition) is 3. The Kier molecular flexibility index (Phi) is 11.8. The lowest BCUT2D eigenvalue weighted by molar-refractivity contribution is -0.143. The second-order valence-corrected chi connectivity index (χ2v) is 12.8. The molecule has 0 aromatic heterocycles. The van der Waals surface area contributed by atoms with Gasteiger partial charge in [-0.05, 0) is 82.6 Å². The zero-order chi connectivity index (χ0) is 36.3. The van der Waals surface area contributed by atoms with Crippen LogP contribution in [0.5, 0.6) is 5.75 Å². The van der Waals surface area contributed by atoms with Crippen molar-refractivity contribution in [3.8, 4) is 5.75 Å². The largest absolute Gasteiger partial charge is 0.497 e. The lowest BCUT2D eigenvalue weighted by Gasteiger charge is -2.39. The maximum Gasteiger partial charge on any atom is 0.308 e. The van der Waals surface area contributed by atoms with Gasteiger partial charge in [0.05, 0.1) is 25.2 Å². The minimum Gasteiger partial charge on any atom is -0.497 e. The molecular weight excluding hydrogens is 652 g/mol. The number of benzene rings is 6. The van der Waals surface area contributed by atoms with Gasteiger partial charge in [0.2, 0.25) is 0 Å². The molecule has 264 valence electrons. The first-order valence-electron chi connectivity index (χ1n) is 17.4. The van der Waals surface area contributed by atoms with E-state index < -0.39 is 29.6 Å². The Morgan fingerprint density at radius 3 is 1.65 bits per heavy atom. The summed E-state index contributed by atoms with van der Waals surface area (Å²) in [6.45, 7) is 0.404. The van der Waals surface area contributed by atoms with E-state index in [1.54, 1.807) is 19.2 Å². The first kappa shape index (κ1) is 36.0. The molecular formula is C45H43FN2O4. The van der Waals surface area contributed by atoms with Gasteiger partial charge in [0.15, 0.2) is 0 Å². The molecule has 6 aromatic carbocycles. The van der Waals surface area contributed by atoms with Crippen molar-refractivity contribution in [1.29, 1.82) is 0 Å². The van der Waals surface area contributed by atoms with Gasteiger partial charge in [-0.3, -0.25) is 4.79 Å². The first-order chi connectivity index (χ1) is 25.4. The fraction of sp³-hybridized carbons (Fsp3) is 0.178. The SMILES string of the molecule is COc1ccc([C@@H](Nc2ccc(CN)cc2)[C@@H](CC[C@H](OC(c2ccccc2)(c2ccccc2)c2ccccc2)c2ccc(F)cc2)C(=O)O)cc1. The third-order valence-electron chi connectivity index (χ3n) is 9.55. The molecule has 3 atom stereocenters. The second kappa shape index (κ2) is 17.0. The molecule has 0 aliphatic heterocycles. The minimum absolute atomic E-state index is 0.233. The van der Waals surface area contributed by atoms with Crippen molar-refractivity contribution in [2.45, 2.75) is 37.1 Å². The number of aliphatic carboxylic acids is 1. The van der Waals surface area contributed by atoms with Crippen molar-refractivity contribution < 1.29 is 23.8 Å². The van der Waals surface area contributed by atoms with Crippen LogP contribution in [0.15, 0.2) is 164 Å². The lowest BCUT2D eigenvalue weighted by Crippen LogP contribution is -2.35. The molecule has 4 N–H and O–H groups in total. The van der Waals surface area contributed by atoms with Crippen LogP contribution in [-0.4, -0.2) is 18.2 Å². The van der Waals surface area contributed by atoms with E-state index in [4.69, 9.17) is 15.2 Å². The fourth-order valence-electron chi connectivity index (χ4n) is 6.81. The predicted octanol–water partition coefficient (Wildman–Crippen LogP) is 9.68. The van der Waals surface area contributed by atoms with E-state index in [1.165, 1.54) is 12.1 Å². The van der Waals surface area contributed by atoms with Crippen LogP contribution in [0.1, 0.15) is 58.4 Å². The topological polar surface area (TPSA) is 93.8 Å². The fourth-order valence-corrected chi connectivity index (χ4v) is 6.81. The summed E-state index contributed by atoms with van der Waals surface area (Å²) in [5.74, 6) is -1.53. The molecule has 0 unspecified atom stereocenters. The van der Waals surface area contributed by atoms with Crippen LogP contribution in [0.25, 0.3) is 0 Å². The Hall–Kier alpha value is -5.76. The summed E-state index contributed by atoms with van der Waals surface area (Å²) in [5.41, 5.74) is 10.8. The molecule has 0 aliphatic carbocycles. The average molecular weight is 695 g/mol. The predicted molar refractivity (Wildman–Crippen MR) is 203 cm³/mol. The van der Waals surface area contributed by atoms with E-state index in [9.17, 15) is 14.3 Å². The van der Waals surface area contributed by atoms with Gasteiger partial charge in [0.1, 0.15) is 17.2 Å². The molecule has 6 rings (SSSR count). The van der Waals surface area contributed by atoms with Gasteiger partial charge in [-0.1, -0.05) is 127 Å². The zero-order valence-electron chi connectivity index (χ0n) is 29.1. The molecule has 0 saturated carbocycles. The maximum atomic E-state index is 14.4. The summed E-state index contributed by atoms with van der Waals surface area (Å²) in [4.78, 5) is 13.3. The molecule has 7 heteroatoms. The summed E-state index contributed by atoms with van der Waals surface area (Å²) in [5, 5.41) is 14.4. The summed E-state index contributed by atoms with van der Waals surface area (Å²) >= 11 is 0. The molecule has 0 saturated heterocycles. The first-order valence-corrected chi connectivity index (χ1v) is 17.4. The van der Waals surface area contributed by atoms with Crippen molar-refractivity contribution in [1.82, 2.24) is 0 Å². The maximum absolute atomic E-state index is 14.4. The molecule has 52 heavy (non-hydrogen) atoms. The molecule has 0 heterocycles. The normalized spacial score (nSPS) is 13.1. The van der Waals surface area contributed by atoms with Gasteiger partial charge in [-0.25, -0.2) is 4.39 Å². The number of ether oxygens (including phenoxy) is 2. The summed E-state index contributed by atoms with van der Waals surface area (Å²) in [7, 11) is 1.60. The van der Waals surface area contributed by atoms with Crippen LogP contribution in [-0.2, 0) is 21.7 Å². The van der Waals surface area contributed by atoms with E-state index in [1.807, 2.05) is 140 Å². The number of rotatable bonds is 16. The number of carboxylic acids is 1. The number of carbonyl (C=O) groups is 1. The number of anilines is 1. The zero-order valence-corrected chi connectivity index (χ0v) is 29.1. The van der Waals surface area contributed by atoms with E-state index in [-0.39, 0.29) is 12.2 Å². The summed E-state index contributed by atoms with van der Waals surface area (Å²) < 4.78 is 27.2. The number of nitrogens with one attached hydrogen (secondary N) is 1. The van der Waals surface area contributed by atoms with Gasteiger partial charge in [-0.15, -0.1) is 0 Å². The number of hydrogen-bond acceptors (Lipinski definition) is 5. The van der Waals surface area contributed by atoms with Gasteiger partial charge in [0, 0.05) is 12.2 Å². The average Bonchev–Trinajstić information content (AvgIpc) is 3.20. The molecule has 6 nitrogen and oxygen atoms in total. The highest BCUT2D eigenvalue weighted by molar-refractivity contribution is 5.72. The van der Waals surface area contributed by atoms with Crippen molar-refractivity contribution in [3.63, 3.8) is 0 Å². The Balaban J connectivity index is 1.43. The van der Waals surface area contributed by atoms with Crippen LogP contribution in [0.3, 0.4) is 0 Å². The Labute approximate surface area is 304 Å².